The third kappa shape index (κ3) is 6.83. The van der Waals surface area contributed by atoms with Crippen LogP contribution < -0.4 is 16.4 Å². The standard InChI is InChI=1S/C16H28N4O6S2/c1-28-6-4-9(17)13(22)19-11(8-27)15(24)20-5-2-3-12(20)14(23)18-10(7-21)16(25)26/h9-12,21,27H,2-8,17H2,1H3,(H,18,23)(H,19,22)(H,25,26). The van der Waals surface area contributed by atoms with Gasteiger partial charge in [0.25, 0.3) is 0 Å². The van der Waals surface area contributed by atoms with Crippen LogP contribution in [0.3, 0.4) is 0 Å². The number of carbonyl (C=O) groups excluding carboxylic acids is 3. The van der Waals surface area contributed by atoms with E-state index in [9.17, 15) is 19.2 Å². The van der Waals surface area contributed by atoms with E-state index in [1.807, 2.05) is 6.26 Å². The number of nitrogens with zero attached hydrogens (tertiary/aromatic N) is 1. The van der Waals surface area contributed by atoms with E-state index >= 15 is 0 Å². The Bertz CT molecular complexity index is 579. The summed E-state index contributed by atoms with van der Waals surface area (Å²) in [7, 11) is 0. The highest BCUT2D eigenvalue weighted by Gasteiger charge is 2.38. The van der Waals surface area contributed by atoms with E-state index in [2.05, 4.69) is 23.3 Å². The molecule has 6 N–H and O–H groups in total. The van der Waals surface area contributed by atoms with Gasteiger partial charge in [-0.15, -0.1) is 0 Å². The SMILES string of the molecule is CSCCC(N)C(=O)NC(CS)C(=O)N1CCCC1C(=O)NC(CO)C(=O)O. The second kappa shape index (κ2) is 12.1. The monoisotopic (exact) mass is 436 g/mol. The first-order chi connectivity index (χ1) is 13.3. The largest absolute Gasteiger partial charge is 0.480 e. The Kier molecular flexibility index (Phi) is 10.6. The molecule has 1 saturated heterocycles. The van der Waals surface area contributed by atoms with Gasteiger partial charge in [-0.1, -0.05) is 0 Å². The Morgan fingerprint density at radius 1 is 1.29 bits per heavy atom. The molecule has 1 heterocycles. The zero-order valence-electron chi connectivity index (χ0n) is 15.7. The number of thioether (sulfide) groups is 1. The Morgan fingerprint density at radius 2 is 1.96 bits per heavy atom. The van der Waals surface area contributed by atoms with Crippen molar-refractivity contribution in [2.24, 2.45) is 5.73 Å². The lowest BCUT2D eigenvalue weighted by molar-refractivity contribution is -0.145. The van der Waals surface area contributed by atoms with Crippen molar-refractivity contribution in [2.45, 2.75) is 43.4 Å². The molecule has 4 atom stereocenters. The summed E-state index contributed by atoms with van der Waals surface area (Å²) in [5.74, 6) is -2.24. The van der Waals surface area contributed by atoms with E-state index < -0.39 is 54.5 Å². The van der Waals surface area contributed by atoms with Gasteiger partial charge in [-0.05, 0) is 31.3 Å². The highest BCUT2D eigenvalue weighted by Crippen LogP contribution is 2.19. The first-order valence-corrected chi connectivity index (χ1v) is 10.9. The predicted molar refractivity (Wildman–Crippen MR) is 108 cm³/mol. The van der Waals surface area contributed by atoms with Gasteiger partial charge in [-0.3, -0.25) is 14.4 Å². The molecule has 0 aliphatic carbocycles. The minimum Gasteiger partial charge on any atom is -0.480 e. The Morgan fingerprint density at radius 3 is 2.50 bits per heavy atom. The van der Waals surface area contributed by atoms with Crippen molar-refractivity contribution in [2.75, 3.05) is 30.9 Å². The van der Waals surface area contributed by atoms with E-state index in [-0.39, 0.29) is 5.75 Å². The molecule has 3 amide bonds. The van der Waals surface area contributed by atoms with Gasteiger partial charge in [0, 0.05) is 12.3 Å². The van der Waals surface area contributed by atoms with E-state index in [4.69, 9.17) is 15.9 Å². The van der Waals surface area contributed by atoms with E-state index in [1.165, 1.54) is 4.90 Å². The molecule has 28 heavy (non-hydrogen) atoms. The van der Waals surface area contributed by atoms with Crippen LogP contribution in [0, 0.1) is 0 Å². The second-order valence-corrected chi connectivity index (χ2v) is 7.75. The molecule has 160 valence electrons. The van der Waals surface area contributed by atoms with E-state index in [0.29, 0.717) is 31.6 Å². The van der Waals surface area contributed by atoms with Crippen molar-refractivity contribution in [3.8, 4) is 0 Å². The van der Waals surface area contributed by atoms with Crippen LogP contribution in [0.1, 0.15) is 19.3 Å². The van der Waals surface area contributed by atoms with Crippen LogP contribution >= 0.6 is 24.4 Å². The summed E-state index contributed by atoms with van der Waals surface area (Å²) in [6, 6.07) is -4.01. The fourth-order valence-corrected chi connectivity index (χ4v) is 3.53. The average molecular weight is 437 g/mol. The van der Waals surface area contributed by atoms with Crippen LogP contribution in [0.15, 0.2) is 0 Å². The average Bonchev–Trinajstić information content (AvgIpc) is 3.16. The summed E-state index contributed by atoms with van der Waals surface area (Å²) in [4.78, 5) is 49.7. The summed E-state index contributed by atoms with van der Waals surface area (Å²) >= 11 is 5.68. The molecular weight excluding hydrogens is 408 g/mol. The summed E-state index contributed by atoms with van der Waals surface area (Å²) in [5.41, 5.74) is 5.82. The Balaban J connectivity index is 2.76. The summed E-state index contributed by atoms with van der Waals surface area (Å²) in [6.07, 6.45) is 3.28. The zero-order chi connectivity index (χ0) is 21.3. The first-order valence-electron chi connectivity index (χ1n) is 8.87. The number of aliphatic carboxylic acids is 1. The number of carboxylic acids is 1. The van der Waals surface area contributed by atoms with Gasteiger partial charge in [0.05, 0.1) is 12.6 Å². The summed E-state index contributed by atoms with van der Waals surface area (Å²) in [6.45, 7) is -0.461. The predicted octanol–water partition coefficient (Wildman–Crippen LogP) is -1.97. The molecule has 10 nitrogen and oxygen atoms in total. The van der Waals surface area contributed by atoms with E-state index in [1.54, 1.807) is 11.8 Å². The van der Waals surface area contributed by atoms with Crippen molar-refractivity contribution >= 4 is 48.1 Å². The minimum atomic E-state index is -1.44. The van der Waals surface area contributed by atoms with Crippen LogP contribution in [0.25, 0.3) is 0 Å². The van der Waals surface area contributed by atoms with Crippen LogP contribution in [-0.2, 0) is 19.2 Å². The maximum Gasteiger partial charge on any atom is 0.328 e. The third-order valence-electron chi connectivity index (χ3n) is 4.40. The number of rotatable bonds is 11. The van der Waals surface area contributed by atoms with E-state index in [0.717, 1.165) is 0 Å². The number of amides is 3. The number of hydrogen-bond acceptors (Lipinski definition) is 8. The minimum absolute atomic E-state index is 0.0268. The lowest BCUT2D eigenvalue weighted by atomic mass is 10.1. The Hall–Kier alpha value is -1.50. The number of nitrogens with one attached hydrogen (secondary N) is 2. The van der Waals surface area contributed by atoms with Gasteiger partial charge in [0.15, 0.2) is 0 Å². The highest BCUT2D eigenvalue weighted by atomic mass is 32.2. The number of likely N-dealkylation sites (tertiary alicyclic amines) is 1. The number of carboxylic acid groups (broad SMARTS) is 1. The molecule has 0 aromatic rings. The highest BCUT2D eigenvalue weighted by molar-refractivity contribution is 7.98. The van der Waals surface area contributed by atoms with Crippen LogP contribution in [-0.4, -0.2) is 93.9 Å². The smallest absolute Gasteiger partial charge is 0.328 e. The molecule has 0 spiro atoms. The Labute approximate surface area is 173 Å². The molecule has 0 aromatic heterocycles. The number of nitrogens with two attached hydrogens (primary N) is 1. The van der Waals surface area contributed by atoms with Crippen molar-refractivity contribution in [1.82, 2.24) is 15.5 Å². The number of thiol groups is 1. The lowest BCUT2D eigenvalue weighted by Gasteiger charge is -2.29. The van der Waals surface area contributed by atoms with Crippen LogP contribution in [0.2, 0.25) is 0 Å². The second-order valence-electron chi connectivity index (χ2n) is 6.40. The molecule has 1 aliphatic heterocycles. The molecule has 4 unspecified atom stereocenters. The number of carbonyl (C=O) groups is 4. The van der Waals surface area contributed by atoms with Crippen molar-refractivity contribution in [1.29, 1.82) is 0 Å². The van der Waals surface area contributed by atoms with Crippen LogP contribution in [0.5, 0.6) is 0 Å². The van der Waals surface area contributed by atoms with Crippen molar-refractivity contribution in [3.63, 3.8) is 0 Å². The molecule has 1 rings (SSSR count). The van der Waals surface area contributed by atoms with Gasteiger partial charge in [-0.25, -0.2) is 4.79 Å². The zero-order valence-corrected chi connectivity index (χ0v) is 17.4. The number of hydrogen-bond donors (Lipinski definition) is 6. The molecular formula is C16H28N4O6S2. The maximum absolute atomic E-state index is 12.8. The number of aliphatic hydroxyl groups is 1. The normalized spacial score (nSPS) is 19.6. The third-order valence-corrected chi connectivity index (χ3v) is 5.41. The molecule has 12 heteroatoms. The maximum atomic E-state index is 12.8. The van der Waals surface area contributed by atoms with Gasteiger partial charge in [0.2, 0.25) is 17.7 Å². The summed E-state index contributed by atoms with van der Waals surface area (Å²) < 4.78 is 0. The van der Waals surface area contributed by atoms with Gasteiger partial charge >= 0.3 is 5.97 Å². The van der Waals surface area contributed by atoms with Crippen molar-refractivity contribution in [3.05, 3.63) is 0 Å². The first kappa shape index (κ1) is 24.5. The van der Waals surface area contributed by atoms with Gasteiger partial charge in [-0.2, -0.15) is 24.4 Å². The lowest BCUT2D eigenvalue weighted by Crippen LogP contribution is -2.57. The van der Waals surface area contributed by atoms with Gasteiger partial charge in [0.1, 0.15) is 18.1 Å². The molecule has 0 radical (unpaired) electrons. The molecule has 1 aliphatic rings. The summed E-state index contributed by atoms with van der Waals surface area (Å²) in [5, 5.41) is 22.8. The number of aliphatic hydroxyl groups excluding tert-OH is 1. The quantitative estimate of drug-likeness (QED) is 0.203. The van der Waals surface area contributed by atoms with Gasteiger partial charge < -0.3 is 31.5 Å². The van der Waals surface area contributed by atoms with Crippen LogP contribution in [0.4, 0.5) is 0 Å². The molecule has 0 saturated carbocycles. The molecule has 0 aromatic carbocycles. The molecule has 1 fully saturated rings. The fourth-order valence-electron chi connectivity index (χ4n) is 2.80. The fraction of sp³-hybridized carbons (Fsp3) is 0.750. The molecule has 0 bridgehead atoms. The van der Waals surface area contributed by atoms with Crippen molar-refractivity contribution < 1.29 is 29.4 Å². The topological polar surface area (TPSA) is 162 Å².